The molecule has 0 saturated heterocycles. The maximum Gasteiger partial charge on any atom is 0.354 e. The van der Waals surface area contributed by atoms with Gasteiger partial charge in [-0.05, 0) is 40.2 Å². The molecule has 0 aliphatic rings. The highest BCUT2D eigenvalue weighted by atomic mass is 79.9. The van der Waals surface area contributed by atoms with Crippen molar-refractivity contribution in [2.75, 3.05) is 0 Å². The topological polar surface area (TPSA) is 74.0 Å². The number of nitriles is 1. The lowest BCUT2D eigenvalue weighted by Crippen LogP contribution is -1.99. The summed E-state index contributed by atoms with van der Waals surface area (Å²) < 4.78 is 0.715. The highest BCUT2D eigenvalue weighted by molar-refractivity contribution is 9.10. The fourth-order valence-electron chi connectivity index (χ4n) is 1.42. The van der Waals surface area contributed by atoms with E-state index in [1.807, 2.05) is 12.1 Å². The summed E-state index contributed by atoms with van der Waals surface area (Å²) in [6, 6.07) is 10.7. The second-order valence-corrected chi connectivity index (χ2v) is 5.48. The van der Waals surface area contributed by atoms with Gasteiger partial charge in [0.15, 0.2) is 0 Å². The van der Waals surface area contributed by atoms with Crippen molar-refractivity contribution in [2.24, 2.45) is 0 Å². The highest BCUT2D eigenvalue weighted by Crippen LogP contribution is 2.33. The fourth-order valence-corrected chi connectivity index (χ4v) is 2.96. The molecule has 1 aromatic carbocycles. The van der Waals surface area contributed by atoms with Crippen molar-refractivity contribution in [1.29, 1.82) is 5.26 Å². The molecule has 0 bridgehead atoms. The van der Waals surface area contributed by atoms with E-state index in [2.05, 4.69) is 27.0 Å². The van der Waals surface area contributed by atoms with Gasteiger partial charge in [-0.1, -0.05) is 17.8 Å². The third kappa shape index (κ3) is 3.13. The van der Waals surface area contributed by atoms with E-state index in [1.54, 1.807) is 12.1 Å². The average molecular weight is 335 g/mol. The summed E-state index contributed by atoms with van der Waals surface area (Å²) in [7, 11) is 0. The van der Waals surface area contributed by atoms with E-state index in [0.29, 0.717) is 10.0 Å². The summed E-state index contributed by atoms with van der Waals surface area (Å²) in [5.74, 6) is -1.07. The molecule has 19 heavy (non-hydrogen) atoms. The zero-order valence-electron chi connectivity index (χ0n) is 9.50. The van der Waals surface area contributed by atoms with Crippen LogP contribution in [0.4, 0.5) is 0 Å². The Labute approximate surface area is 122 Å². The molecule has 4 nitrogen and oxygen atoms in total. The number of hydrogen-bond donors (Lipinski definition) is 1. The number of pyridine rings is 1. The predicted octanol–water partition coefficient (Wildman–Crippen LogP) is 3.57. The Bertz CT molecular complexity index is 683. The molecule has 0 unspecified atom stereocenters. The second-order valence-electron chi connectivity index (χ2n) is 3.51. The third-order valence-corrected chi connectivity index (χ3v) is 3.98. The van der Waals surface area contributed by atoms with E-state index < -0.39 is 5.97 Å². The first-order valence-electron chi connectivity index (χ1n) is 5.17. The standard InChI is InChI=1S/C13H7BrN2O2S/c14-10-2-1-3-12(9(10)7-15)19-8-4-5-16-11(6-8)13(17)18/h1-6H,(H,17,18). The van der Waals surface area contributed by atoms with Crippen LogP contribution in [0, 0.1) is 11.3 Å². The van der Waals surface area contributed by atoms with E-state index in [9.17, 15) is 4.79 Å². The lowest BCUT2D eigenvalue weighted by atomic mass is 10.2. The number of aromatic carboxylic acids is 1. The van der Waals surface area contributed by atoms with Crippen molar-refractivity contribution in [3.05, 3.63) is 52.3 Å². The molecular formula is C13H7BrN2O2S. The summed E-state index contributed by atoms with van der Waals surface area (Å²) >= 11 is 4.64. The van der Waals surface area contributed by atoms with Gasteiger partial charge in [-0.15, -0.1) is 0 Å². The third-order valence-electron chi connectivity index (χ3n) is 2.27. The van der Waals surface area contributed by atoms with E-state index in [0.717, 1.165) is 9.79 Å². The number of carboxylic acids is 1. The Hall–Kier alpha value is -1.84. The fraction of sp³-hybridized carbons (Fsp3) is 0. The molecule has 0 aliphatic heterocycles. The molecule has 0 spiro atoms. The van der Waals surface area contributed by atoms with Gasteiger partial charge in [-0.3, -0.25) is 0 Å². The zero-order valence-corrected chi connectivity index (χ0v) is 11.9. The van der Waals surface area contributed by atoms with Crippen LogP contribution in [-0.2, 0) is 0 Å². The van der Waals surface area contributed by atoms with Crippen LogP contribution in [0.15, 0.2) is 50.8 Å². The van der Waals surface area contributed by atoms with Crippen molar-refractivity contribution in [3.8, 4) is 6.07 Å². The summed E-state index contributed by atoms with van der Waals surface area (Å²) in [6.45, 7) is 0. The molecule has 0 fully saturated rings. The number of aromatic nitrogens is 1. The first kappa shape index (κ1) is 13.6. The molecular weight excluding hydrogens is 328 g/mol. The summed E-state index contributed by atoms with van der Waals surface area (Å²) in [5.41, 5.74) is 0.514. The van der Waals surface area contributed by atoms with Crippen LogP contribution in [0.25, 0.3) is 0 Å². The second kappa shape index (κ2) is 5.87. The smallest absolute Gasteiger partial charge is 0.354 e. The Morgan fingerprint density at radius 2 is 2.21 bits per heavy atom. The van der Waals surface area contributed by atoms with Crippen molar-refractivity contribution >= 4 is 33.7 Å². The number of nitrogens with zero attached hydrogens (tertiary/aromatic N) is 2. The molecule has 0 radical (unpaired) electrons. The minimum Gasteiger partial charge on any atom is -0.477 e. The summed E-state index contributed by atoms with van der Waals surface area (Å²) in [6.07, 6.45) is 1.44. The van der Waals surface area contributed by atoms with Gasteiger partial charge >= 0.3 is 5.97 Å². The van der Waals surface area contributed by atoms with Gasteiger partial charge in [0.25, 0.3) is 0 Å². The van der Waals surface area contributed by atoms with Crippen molar-refractivity contribution in [1.82, 2.24) is 4.98 Å². The maximum atomic E-state index is 10.9. The number of halogens is 1. The normalized spacial score (nSPS) is 9.89. The number of benzene rings is 1. The molecule has 1 N–H and O–H groups in total. The molecule has 0 atom stereocenters. The van der Waals surface area contributed by atoms with E-state index >= 15 is 0 Å². The lowest BCUT2D eigenvalue weighted by molar-refractivity contribution is 0.0690. The van der Waals surface area contributed by atoms with Crippen molar-refractivity contribution < 1.29 is 9.90 Å². The zero-order chi connectivity index (χ0) is 13.8. The number of rotatable bonds is 3. The first-order chi connectivity index (χ1) is 9.11. The largest absolute Gasteiger partial charge is 0.477 e. The van der Waals surface area contributed by atoms with Gasteiger partial charge < -0.3 is 5.11 Å². The van der Waals surface area contributed by atoms with Crippen LogP contribution in [0.5, 0.6) is 0 Å². The lowest BCUT2D eigenvalue weighted by Gasteiger charge is -2.05. The quantitative estimate of drug-likeness (QED) is 0.928. The van der Waals surface area contributed by atoms with Crippen LogP contribution in [0.3, 0.4) is 0 Å². The molecule has 1 heterocycles. The predicted molar refractivity (Wildman–Crippen MR) is 74.2 cm³/mol. The van der Waals surface area contributed by atoms with Crippen LogP contribution >= 0.6 is 27.7 Å². The van der Waals surface area contributed by atoms with Gasteiger partial charge in [-0.2, -0.15) is 5.26 Å². The van der Waals surface area contributed by atoms with E-state index in [-0.39, 0.29) is 5.69 Å². The van der Waals surface area contributed by atoms with Gasteiger partial charge in [0.05, 0.1) is 5.56 Å². The number of carbonyl (C=O) groups is 1. The minimum absolute atomic E-state index is 0.0153. The average Bonchev–Trinajstić information content (AvgIpc) is 2.39. The van der Waals surface area contributed by atoms with Crippen LogP contribution < -0.4 is 0 Å². The minimum atomic E-state index is -1.07. The Kier molecular flexibility index (Phi) is 4.20. The first-order valence-corrected chi connectivity index (χ1v) is 6.78. The molecule has 94 valence electrons. The molecule has 0 amide bonds. The molecule has 1 aromatic heterocycles. The molecule has 0 saturated carbocycles. The number of carboxylic acid groups (broad SMARTS) is 1. The van der Waals surface area contributed by atoms with Crippen molar-refractivity contribution in [2.45, 2.75) is 9.79 Å². The Morgan fingerprint density at radius 1 is 1.42 bits per heavy atom. The van der Waals surface area contributed by atoms with Gasteiger partial charge in [0.1, 0.15) is 11.8 Å². The van der Waals surface area contributed by atoms with Crippen LogP contribution in [0.2, 0.25) is 0 Å². The number of hydrogen-bond acceptors (Lipinski definition) is 4. The van der Waals surface area contributed by atoms with Gasteiger partial charge in [0, 0.05) is 20.5 Å². The summed E-state index contributed by atoms with van der Waals surface area (Å²) in [5, 5.41) is 18.0. The Balaban J connectivity index is 2.37. The molecule has 2 aromatic rings. The van der Waals surface area contributed by atoms with Gasteiger partial charge in [0.2, 0.25) is 0 Å². The maximum absolute atomic E-state index is 10.9. The Morgan fingerprint density at radius 3 is 2.89 bits per heavy atom. The van der Waals surface area contributed by atoms with Crippen molar-refractivity contribution in [3.63, 3.8) is 0 Å². The van der Waals surface area contributed by atoms with Crippen LogP contribution in [-0.4, -0.2) is 16.1 Å². The molecule has 0 aliphatic carbocycles. The summed E-state index contributed by atoms with van der Waals surface area (Å²) in [4.78, 5) is 16.1. The van der Waals surface area contributed by atoms with E-state index in [4.69, 9.17) is 10.4 Å². The molecule has 2 rings (SSSR count). The molecule has 6 heteroatoms. The monoisotopic (exact) mass is 334 g/mol. The SMILES string of the molecule is N#Cc1c(Br)cccc1Sc1ccnc(C(=O)O)c1. The van der Waals surface area contributed by atoms with Gasteiger partial charge in [-0.25, -0.2) is 9.78 Å². The highest BCUT2D eigenvalue weighted by Gasteiger charge is 2.10. The van der Waals surface area contributed by atoms with E-state index in [1.165, 1.54) is 24.0 Å². The van der Waals surface area contributed by atoms with Crippen LogP contribution in [0.1, 0.15) is 16.1 Å².